The largest absolute Gasteiger partial charge is 0.361 e. The molecule has 0 aliphatic rings. The van der Waals surface area contributed by atoms with E-state index < -0.39 is 6.04 Å². The van der Waals surface area contributed by atoms with Crippen molar-refractivity contribution in [3.63, 3.8) is 0 Å². The van der Waals surface area contributed by atoms with Gasteiger partial charge in [-0.25, -0.2) is 0 Å². The predicted octanol–water partition coefficient (Wildman–Crippen LogP) is 2.48. The van der Waals surface area contributed by atoms with Crippen LogP contribution in [0.3, 0.4) is 0 Å². The number of nitrogens with one attached hydrogen (secondary N) is 2. The number of fused-ring (bicyclic) bond motifs is 1. The zero-order chi connectivity index (χ0) is 13.3. The predicted molar refractivity (Wildman–Crippen MR) is 74.4 cm³/mol. The molecule has 1 heterocycles. The van der Waals surface area contributed by atoms with Crippen LogP contribution in [0, 0.1) is 5.41 Å². The maximum atomic E-state index is 12.1. The summed E-state index contributed by atoms with van der Waals surface area (Å²) in [6.07, 6.45) is 1.85. The fraction of sp³-hybridized carbons (Fsp3) is 0.357. The number of aromatic nitrogens is 1. The van der Waals surface area contributed by atoms with Crippen molar-refractivity contribution in [1.82, 2.24) is 4.98 Å². The summed E-state index contributed by atoms with van der Waals surface area (Å²) in [7, 11) is 0. The molecule has 0 bridgehead atoms. The Labute approximate surface area is 107 Å². The van der Waals surface area contributed by atoms with Gasteiger partial charge in [0.1, 0.15) is 0 Å². The van der Waals surface area contributed by atoms with Crippen LogP contribution < -0.4 is 11.1 Å². The molecular weight excluding hydrogens is 226 g/mol. The van der Waals surface area contributed by atoms with Crippen molar-refractivity contribution in [3.8, 4) is 0 Å². The van der Waals surface area contributed by atoms with Crippen LogP contribution in [0.15, 0.2) is 30.5 Å². The third kappa shape index (κ3) is 2.38. The molecule has 2 aromatic rings. The molecule has 2 rings (SSSR count). The molecule has 4 heteroatoms. The number of hydrogen-bond donors (Lipinski definition) is 3. The van der Waals surface area contributed by atoms with Gasteiger partial charge in [-0.3, -0.25) is 4.79 Å². The minimum atomic E-state index is -0.535. The van der Waals surface area contributed by atoms with E-state index in [1.165, 1.54) is 0 Å². The summed E-state index contributed by atoms with van der Waals surface area (Å²) >= 11 is 0. The first-order chi connectivity index (χ1) is 8.39. The van der Waals surface area contributed by atoms with Crippen molar-refractivity contribution in [1.29, 1.82) is 0 Å². The first-order valence-corrected chi connectivity index (χ1v) is 6.02. The minimum absolute atomic E-state index is 0.156. The average Bonchev–Trinajstić information content (AvgIpc) is 2.75. The molecule has 0 unspecified atom stereocenters. The highest BCUT2D eigenvalue weighted by atomic mass is 16.2. The molecule has 0 fully saturated rings. The number of carbonyl (C=O) groups excluding carboxylic acids is 1. The second kappa shape index (κ2) is 4.46. The zero-order valence-corrected chi connectivity index (χ0v) is 10.9. The van der Waals surface area contributed by atoms with Gasteiger partial charge in [-0.05, 0) is 23.6 Å². The van der Waals surface area contributed by atoms with E-state index in [4.69, 9.17) is 5.73 Å². The monoisotopic (exact) mass is 245 g/mol. The van der Waals surface area contributed by atoms with Crippen LogP contribution in [-0.4, -0.2) is 16.9 Å². The molecule has 0 aliphatic heterocycles. The Balaban J connectivity index is 2.24. The number of amides is 1. The van der Waals surface area contributed by atoms with E-state index >= 15 is 0 Å². The van der Waals surface area contributed by atoms with Gasteiger partial charge >= 0.3 is 0 Å². The molecule has 0 saturated heterocycles. The molecule has 4 nitrogen and oxygen atoms in total. The Morgan fingerprint density at radius 2 is 2.06 bits per heavy atom. The van der Waals surface area contributed by atoms with Crippen LogP contribution in [-0.2, 0) is 4.79 Å². The van der Waals surface area contributed by atoms with Gasteiger partial charge < -0.3 is 16.0 Å². The lowest BCUT2D eigenvalue weighted by molar-refractivity contribution is -0.119. The van der Waals surface area contributed by atoms with Crippen molar-refractivity contribution < 1.29 is 4.79 Å². The Bertz CT molecular complexity index is 566. The van der Waals surface area contributed by atoms with Crippen LogP contribution >= 0.6 is 0 Å². The smallest absolute Gasteiger partial charge is 0.241 e. The number of rotatable bonds is 2. The lowest BCUT2D eigenvalue weighted by Crippen LogP contribution is -2.45. The first-order valence-electron chi connectivity index (χ1n) is 6.02. The second-order valence-electron chi connectivity index (χ2n) is 5.58. The summed E-state index contributed by atoms with van der Waals surface area (Å²) < 4.78 is 0. The molecule has 1 aromatic carbocycles. The molecule has 1 atom stereocenters. The van der Waals surface area contributed by atoms with Gasteiger partial charge in [-0.15, -0.1) is 0 Å². The Morgan fingerprint density at radius 1 is 1.33 bits per heavy atom. The molecule has 1 aromatic heterocycles. The van der Waals surface area contributed by atoms with E-state index in [0.717, 1.165) is 16.6 Å². The van der Waals surface area contributed by atoms with Gasteiger partial charge in [0.05, 0.1) is 11.7 Å². The molecule has 96 valence electrons. The molecular formula is C14H19N3O. The molecule has 0 radical (unpaired) electrons. The lowest BCUT2D eigenvalue weighted by Gasteiger charge is -2.25. The number of H-pyrrole nitrogens is 1. The molecule has 1 amide bonds. The van der Waals surface area contributed by atoms with Gasteiger partial charge in [0.15, 0.2) is 0 Å². The summed E-state index contributed by atoms with van der Waals surface area (Å²) in [5.74, 6) is -0.156. The summed E-state index contributed by atoms with van der Waals surface area (Å²) in [6.45, 7) is 5.86. The number of carbonyl (C=O) groups is 1. The second-order valence-corrected chi connectivity index (χ2v) is 5.58. The number of nitrogens with two attached hydrogens (primary N) is 1. The van der Waals surface area contributed by atoms with Crippen LogP contribution in [0.4, 0.5) is 5.69 Å². The van der Waals surface area contributed by atoms with E-state index in [2.05, 4.69) is 10.3 Å². The Morgan fingerprint density at radius 3 is 2.72 bits per heavy atom. The van der Waals surface area contributed by atoms with E-state index in [0.29, 0.717) is 0 Å². The van der Waals surface area contributed by atoms with Gasteiger partial charge in [0.25, 0.3) is 0 Å². The molecule has 0 spiro atoms. The first kappa shape index (κ1) is 12.6. The maximum Gasteiger partial charge on any atom is 0.241 e. The van der Waals surface area contributed by atoms with Crippen molar-refractivity contribution >= 4 is 22.5 Å². The standard InChI is InChI=1S/C14H19N3O/c1-14(2,3)12(15)13(18)17-11-6-4-5-10-9(11)7-8-16-10/h4-8,12,16H,15H2,1-3H3,(H,17,18)/t12-/m1/s1. The van der Waals surface area contributed by atoms with Crippen LogP contribution in [0.25, 0.3) is 10.9 Å². The van der Waals surface area contributed by atoms with Crippen LogP contribution in [0.2, 0.25) is 0 Å². The van der Waals surface area contributed by atoms with Crippen molar-refractivity contribution in [3.05, 3.63) is 30.5 Å². The normalized spacial score (nSPS) is 13.6. The van der Waals surface area contributed by atoms with E-state index in [9.17, 15) is 4.79 Å². The number of benzene rings is 1. The number of anilines is 1. The summed E-state index contributed by atoms with van der Waals surface area (Å²) in [5.41, 5.74) is 7.48. The van der Waals surface area contributed by atoms with Gasteiger partial charge in [-0.1, -0.05) is 26.8 Å². The van der Waals surface area contributed by atoms with Gasteiger partial charge in [0, 0.05) is 17.1 Å². The van der Waals surface area contributed by atoms with Crippen molar-refractivity contribution in [2.75, 3.05) is 5.32 Å². The zero-order valence-electron chi connectivity index (χ0n) is 10.9. The number of aromatic amines is 1. The average molecular weight is 245 g/mol. The van der Waals surface area contributed by atoms with Crippen LogP contribution in [0.1, 0.15) is 20.8 Å². The lowest BCUT2D eigenvalue weighted by atomic mass is 9.87. The highest BCUT2D eigenvalue weighted by molar-refractivity contribution is 6.03. The maximum absolute atomic E-state index is 12.1. The summed E-state index contributed by atoms with van der Waals surface area (Å²) in [4.78, 5) is 15.2. The fourth-order valence-electron chi connectivity index (χ4n) is 1.80. The number of hydrogen-bond acceptors (Lipinski definition) is 2. The topological polar surface area (TPSA) is 70.9 Å². The molecule has 0 saturated carbocycles. The van der Waals surface area contributed by atoms with Gasteiger partial charge in [-0.2, -0.15) is 0 Å². The van der Waals surface area contributed by atoms with Crippen molar-refractivity contribution in [2.24, 2.45) is 11.1 Å². The molecule has 4 N–H and O–H groups in total. The van der Waals surface area contributed by atoms with E-state index in [1.807, 2.05) is 51.2 Å². The molecule has 18 heavy (non-hydrogen) atoms. The third-order valence-corrected chi connectivity index (χ3v) is 3.07. The third-order valence-electron chi connectivity index (χ3n) is 3.07. The van der Waals surface area contributed by atoms with E-state index in [1.54, 1.807) is 0 Å². The SMILES string of the molecule is CC(C)(C)[C@H](N)C(=O)Nc1cccc2[nH]ccc12. The van der Waals surface area contributed by atoms with Crippen molar-refractivity contribution in [2.45, 2.75) is 26.8 Å². The fourth-order valence-corrected chi connectivity index (χ4v) is 1.80. The van der Waals surface area contributed by atoms with Gasteiger partial charge in [0.2, 0.25) is 5.91 Å². The molecule has 0 aliphatic carbocycles. The highest BCUT2D eigenvalue weighted by Crippen LogP contribution is 2.24. The highest BCUT2D eigenvalue weighted by Gasteiger charge is 2.27. The van der Waals surface area contributed by atoms with Crippen LogP contribution in [0.5, 0.6) is 0 Å². The summed E-state index contributed by atoms with van der Waals surface area (Å²) in [6, 6.07) is 7.15. The Kier molecular flexibility index (Phi) is 3.13. The quantitative estimate of drug-likeness (QED) is 0.760. The summed E-state index contributed by atoms with van der Waals surface area (Å²) in [5, 5.41) is 3.89. The minimum Gasteiger partial charge on any atom is -0.361 e. The Hall–Kier alpha value is -1.81. The van der Waals surface area contributed by atoms with E-state index in [-0.39, 0.29) is 11.3 Å².